The van der Waals surface area contributed by atoms with Crippen LogP contribution in [0.5, 0.6) is 0 Å². The zero-order chi connectivity index (χ0) is 19.1. The van der Waals surface area contributed by atoms with E-state index in [4.69, 9.17) is 4.99 Å². The number of aliphatic hydroxyl groups is 1. The average molecular weight is 366 g/mol. The fraction of sp³-hybridized carbons (Fsp3) is 0.870. The van der Waals surface area contributed by atoms with E-state index >= 15 is 0 Å². The number of aliphatic hydroxyl groups excluding tert-OH is 1. The van der Waals surface area contributed by atoms with Crippen molar-refractivity contribution in [2.45, 2.75) is 110 Å². The third kappa shape index (κ3) is 8.35. The van der Waals surface area contributed by atoms with Gasteiger partial charge in [0.05, 0.1) is 13.1 Å². The summed E-state index contributed by atoms with van der Waals surface area (Å²) in [5.74, 6) is 1.23. The molecule has 0 radical (unpaired) electrons. The van der Waals surface area contributed by atoms with Crippen LogP contribution in [0.25, 0.3) is 0 Å². The molecule has 2 atom stereocenters. The Bertz CT molecular complexity index is 403. The van der Waals surface area contributed by atoms with Crippen LogP contribution in [0.2, 0.25) is 0 Å². The van der Waals surface area contributed by atoms with Crippen molar-refractivity contribution in [2.24, 2.45) is 4.99 Å². The molecule has 0 aromatic heterocycles. The maximum Gasteiger partial charge on any atom is 0.200 e. The number of unbranched alkanes of at least 4 members (excludes halogenated alkanes) is 10. The molecule has 0 aromatic rings. The number of allylic oxidation sites excluding steroid dienone is 2. The van der Waals surface area contributed by atoms with Crippen LogP contribution in [-0.2, 0) is 0 Å². The highest BCUT2D eigenvalue weighted by atomic mass is 16.3. The van der Waals surface area contributed by atoms with E-state index in [1.54, 1.807) is 0 Å². The van der Waals surface area contributed by atoms with E-state index in [9.17, 15) is 5.11 Å². The first-order chi connectivity index (χ1) is 12.7. The van der Waals surface area contributed by atoms with E-state index < -0.39 is 0 Å². The summed E-state index contributed by atoms with van der Waals surface area (Å²) in [5.41, 5.74) is 0. The molecule has 1 rings (SSSR count). The van der Waals surface area contributed by atoms with Crippen molar-refractivity contribution in [3.8, 4) is 0 Å². The Morgan fingerprint density at radius 2 is 1.50 bits per heavy atom. The second kappa shape index (κ2) is 14.4. The van der Waals surface area contributed by atoms with E-state index in [1.807, 2.05) is 6.92 Å². The first-order valence-electron chi connectivity index (χ1n) is 11.4. The molecule has 0 aliphatic carbocycles. The molecule has 2 unspecified atom stereocenters. The zero-order valence-electron chi connectivity index (χ0n) is 17.9. The standard InChI is InChI=1S/C23H45N2O/c1-4-6-7-8-9-10-11-12-13-14-15-16-17-18-19-23-24-20-21-25(23,5-2)22(3)26/h14-15,22,26H,4-13,16-21H2,1-3H3/q+1/b15-14+. The zero-order valence-corrected chi connectivity index (χ0v) is 17.9. The first-order valence-corrected chi connectivity index (χ1v) is 11.4. The molecule has 1 heterocycles. The molecule has 3 nitrogen and oxygen atoms in total. The Morgan fingerprint density at radius 3 is 2.08 bits per heavy atom. The van der Waals surface area contributed by atoms with E-state index in [2.05, 4.69) is 26.0 Å². The van der Waals surface area contributed by atoms with Gasteiger partial charge in [0, 0.05) is 13.3 Å². The van der Waals surface area contributed by atoms with E-state index in [0.717, 1.165) is 26.1 Å². The second-order valence-corrected chi connectivity index (χ2v) is 7.98. The minimum absolute atomic E-state index is 0.326. The predicted octanol–water partition coefficient (Wildman–Crippen LogP) is 6.22. The van der Waals surface area contributed by atoms with Crippen molar-refractivity contribution in [1.29, 1.82) is 0 Å². The number of rotatable bonds is 16. The number of likely N-dealkylation sites (N-methyl/N-ethyl adjacent to an activating group) is 1. The third-order valence-corrected chi connectivity index (χ3v) is 6.00. The summed E-state index contributed by atoms with van der Waals surface area (Å²) < 4.78 is 0.703. The van der Waals surface area contributed by atoms with Gasteiger partial charge in [-0.1, -0.05) is 64.0 Å². The summed E-state index contributed by atoms with van der Waals surface area (Å²) in [6, 6.07) is 0. The van der Waals surface area contributed by atoms with Crippen molar-refractivity contribution in [2.75, 3.05) is 19.6 Å². The summed E-state index contributed by atoms with van der Waals surface area (Å²) in [6.07, 6.45) is 21.5. The molecule has 1 aliphatic rings. The molecule has 0 aromatic carbocycles. The predicted molar refractivity (Wildman–Crippen MR) is 114 cm³/mol. The van der Waals surface area contributed by atoms with Gasteiger partial charge < -0.3 is 5.11 Å². The van der Waals surface area contributed by atoms with Gasteiger partial charge in [0.2, 0.25) is 5.84 Å². The maximum absolute atomic E-state index is 10.2. The van der Waals surface area contributed by atoms with Crippen molar-refractivity contribution in [1.82, 2.24) is 0 Å². The van der Waals surface area contributed by atoms with Gasteiger partial charge in [0.1, 0.15) is 6.54 Å². The van der Waals surface area contributed by atoms with Gasteiger partial charge >= 0.3 is 0 Å². The fourth-order valence-electron chi connectivity index (χ4n) is 4.11. The Morgan fingerprint density at radius 1 is 0.923 bits per heavy atom. The van der Waals surface area contributed by atoms with Crippen molar-refractivity contribution in [3.05, 3.63) is 12.2 Å². The van der Waals surface area contributed by atoms with Crippen molar-refractivity contribution >= 4 is 5.84 Å². The minimum atomic E-state index is -0.326. The highest BCUT2D eigenvalue weighted by Crippen LogP contribution is 2.22. The summed E-state index contributed by atoms with van der Waals surface area (Å²) in [5, 5.41) is 10.2. The number of aliphatic imine (C=N–C) groups is 1. The molecule has 0 fully saturated rings. The molecule has 0 saturated carbocycles. The van der Waals surface area contributed by atoms with Crippen LogP contribution in [0.4, 0.5) is 0 Å². The molecule has 0 amide bonds. The summed E-state index contributed by atoms with van der Waals surface area (Å²) in [6.45, 7) is 9.17. The summed E-state index contributed by atoms with van der Waals surface area (Å²) >= 11 is 0. The van der Waals surface area contributed by atoms with E-state index in [0.29, 0.717) is 4.48 Å². The quantitative estimate of drug-likeness (QED) is 0.196. The molecule has 0 saturated heterocycles. The topological polar surface area (TPSA) is 32.6 Å². The number of amidine groups is 1. The van der Waals surface area contributed by atoms with Crippen molar-refractivity contribution < 1.29 is 9.59 Å². The molecule has 1 N–H and O–H groups in total. The van der Waals surface area contributed by atoms with Crippen LogP contribution in [0.15, 0.2) is 17.1 Å². The first kappa shape index (κ1) is 23.4. The molecule has 0 bridgehead atoms. The fourth-order valence-corrected chi connectivity index (χ4v) is 4.11. The molecule has 0 spiro atoms. The van der Waals surface area contributed by atoms with Crippen LogP contribution in [-0.4, -0.2) is 41.3 Å². The minimum Gasteiger partial charge on any atom is -0.345 e. The van der Waals surface area contributed by atoms with Gasteiger partial charge in [0.15, 0.2) is 6.23 Å². The van der Waals surface area contributed by atoms with Gasteiger partial charge in [-0.2, -0.15) is 0 Å². The Kier molecular flexibility index (Phi) is 12.9. The van der Waals surface area contributed by atoms with E-state index in [-0.39, 0.29) is 6.23 Å². The lowest BCUT2D eigenvalue weighted by atomic mass is 10.1. The van der Waals surface area contributed by atoms with Crippen LogP contribution >= 0.6 is 0 Å². The lowest BCUT2D eigenvalue weighted by Crippen LogP contribution is -2.56. The van der Waals surface area contributed by atoms with Crippen molar-refractivity contribution in [3.63, 3.8) is 0 Å². The van der Waals surface area contributed by atoms with E-state index in [1.165, 1.54) is 82.9 Å². The number of hydrogen-bond donors (Lipinski definition) is 1. The monoisotopic (exact) mass is 365 g/mol. The SMILES string of the molecule is CCCCCCCCCC/C=C/CCCCC1=NCC[N+]1(CC)C(C)O. The van der Waals surface area contributed by atoms with Gasteiger partial charge in [-0.15, -0.1) is 0 Å². The molecule has 1 aliphatic heterocycles. The third-order valence-electron chi connectivity index (χ3n) is 6.00. The van der Waals surface area contributed by atoms with Gasteiger partial charge in [-0.05, 0) is 39.0 Å². The smallest absolute Gasteiger partial charge is 0.200 e. The Labute approximate surface area is 163 Å². The second-order valence-electron chi connectivity index (χ2n) is 7.98. The van der Waals surface area contributed by atoms with Gasteiger partial charge in [-0.25, -0.2) is 4.99 Å². The lowest BCUT2D eigenvalue weighted by molar-refractivity contribution is -0.882. The summed E-state index contributed by atoms with van der Waals surface area (Å²) in [4.78, 5) is 4.69. The largest absolute Gasteiger partial charge is 0.345 e. The lowest BCUT2D eigenvalue weighted by Gasteiger charge is -2.36. The van der Waals surface area contributed by atoms with Gasteiger partial charge in [-0.3, -0.25) is 4.48 Å². The summed E-state index contributed by atoms with van der Waals surface area (Å²) in [7, 11) is 0. The molecular formula is C23H45N2O+. The Hall–Kier alpha value is -0.670. The Balaban J connectivity index is 1.99. The van der Waals surface area contributed by atoms with Crippen LogP contribution in [0.1, 0.15) is 104 Å². The van der Waals surface area contributed by atoms with Crippen LogP contribution in [0, 0.1) is 0 Å². The molecular weight excluding hydrogens is 320 g/mol. The maximum atomic E-state index is 10.2. The molecule has 152 valence electrons. The highest BCUT2D eigenvalue weighted by molar-refractivity contribution is 5.76. The molecule has 26 heavy (non-hydrogen) atoms. The number of quaternary nitrogens is 1. The van der Waals surface area contributed by atoms with Gasteiger partial charge in [0.25, 0.3) is 0 Å². The number of nitrogens with zero attached hydrogens (tertiary/aromatic N) is 2. The number of hydrogen-bond acceptors (Lipinski definition) is 2. The van der Waals surface area contributed by atoms with Crippen LogP contribution < -0.4 is 0 Å². The normalized spacial score (nSPS) is 21.5. The van der Waals surface area contributed by atoms with Crippen LogP contribution in [0.3, 0.4) is 0 Å². The molecule has 3 heteroatoms. The average Bonchev–Trinajstić information content (AvgIpc) is 3.06. The highest BCUT2D eigenvalue weighted by Gasteiger charge is 2.40.